The predicted molar refractivity (Wildman–Crippen MR) is 136 cm³/mol. The lowest BCUT2D eigenvalue weighted by Gasteiger charge is -2.23. The van der Waals surface area contributed by atoms with Gasteiger partial charge in [0.15, 0.2) is 5.58 Å². The Kier molecular flexibility index (Phi) is 5.48. The van der Waals surface area contributed by atoms with Crippen molar-refractivity contribution < 1.29 is 4.42 Å². The number of halogens is 1. The van der Waals surface area contributed by atoms with Gasteiger partial charge < -0.3 is 4.42 Å². The smallest absolute Gasteiger partial charge is 0.159 e. The number of para-hydroxylation sites is 2. The number of anilines is 2. The Balaban J connectivity index is 1.54. The molecular formula is C27H28INO. The second kappa shape index (κ2) is 8.26. The Morgan fingerprint density at radius 3 is 2.20 bits per heavy atom. The Hall–Kier alpha value is -2.01. The third-order valence-electron chi connectivity index (χ3n) is 6.56. The zero-order valence-corrected chi connectivity index (χ0v) is 19.9. The van der Waals surface area contributed by atoms with Gasteiger partial charge in [0.25, 0.3) is 0 Å². The van der Waals surface area contributed by atoms with Gasteiger partial charge in [0.2, 0.25) is 0 Å². The number of hydrogen-bond acceptors (Lipinski definition) is 2. The summed E-state index contributed by atoms with van der Waals surface area (Å²) in [6.45, 7) is 4.45. The second-order valence-electron chi connectivity index (χ2n) is 8.84. The average Bonchev–Trinajstić information content (AvgIpc) is 3.18. The summed E-state index contributed by atoms with van der Waals surface area (Å²) in [6.07, 6.45) is 6.82. The van der Waals surface area contributed by atoms with Crippen LogP contribution in [0.5, 0.6) is 0 Å². The monoisotopic (exact) mass is 509 g/mol. The van der Waals surface area contributed by atoms with Crippen LogP contribution in [0, 0.1) is 0 Å². The van der Waals surface area contributed by atoms with E-state index in [1.807, 2.05) is 0 Å². The normalized spacial score (nSPS) is 15.3. The van der Waals surface area contributed by atoms with Crippen molar-refractivity contribution in [2.24, 2.45) is 0 Å². The van der Waals surface area contributed by atoms with Crippen molar-refractivity contribution in [3.05, 3.63) is 71.8 Å². The van der Waals surface area contributed by atoms with Gasteiger partial charge in [-0.15, -0.1) is 0 Å². The maximum atomic E-state index is 6.49. The van der Waals surface area contributed by atoms with E-state index in [0.29, 0.717) is 5.92 Å². The highest BCUT2D eigenvalue weighted by molar-refractivity contribution is 14.1. The minimum absolute atomic E-state index is 0.431. The molecule has 0 saturated heterocycles. The topological polar surface area (TPSA) is 16.4 Å². The highest BCUT2D eigenvalue weighted by atomic mass is 127. The van der Waals surface area contributed by atoms with Crippen LogP contribution in [0.2, 0.25) is 0 Å². The second-order valence-corrected chi connectivity index (χ2v) is 9.81. The fraction of sp³-hybridized carbons (Fsp3) is 0.333. The molecule has 1 aliphatic rings. The minimum Gasteiger partial charge on any atom is -0.454 e. The molecule has 0 aliphatic heterocycles. The van der Waals surface area contributed by atoms with Crippen LogP contribution in [0.3, 0.4) is 0 Å². The molecule has 0 atom stereocenters. The Morgan fingerprint density at radius 1 is 0.833 bits per heavy atom. The summed E-state index contributed by atoms with van der Waals surface area (Å²) in [5.41, 5.74) is 7.04. The van der Waals surface area contributed by atoms with Gasteiger partial charge in [-0.25, -0.2) is 0 Å². The Morgan fingerprint density at radius 2 is 1.50 bits per heavy atom. The van der Waals surface area contributed by atoms with E-state index in [1.165, 1.54) is 59.7 Å². The molecule has 154 valence electrons. The SMILES string of the molecule is CC(C)c1cccc2c1oc1c(N(I)c3ccc(C4CCCCC4)cc3)cccc12. The first-order valence-electron chi connectivity index (χ1n) is 11.1. The predicted octanol–water partition coefficient (Wildman–Crippen LogP) is 9.25. The first-order valence-corrected chi connectivity index (χ1v) is 12.1. The fourth-order valence-electron chi connectivity index (χ4n) is 4.89. The number of rotatable bonds is 4. The van der Waals surface area contributed by atoms with Gasteiger partial charge in [0, 0.05) is 10.8 Å². The molecule has 3 heteroatoms. The summed E-state index contributed by atoms with van der Waals surface area (Å²) in [5.74, 6) is 1.17. The fourth-order valence-corrected chi connectivity index (χ4v) is 5.59. The molecule has 1 aliphatic carbocycles. The molecule has 5 rings (SSSR count). The molecule has 1 fully saturated rings. The van der Waals surface area contributed by atoms with Crippen molar-refractivity contribution in [1.82, 2.24) is 0 Å². The van der Waals surface area contributed by atoms with Gasteiger partial charge in [-0.1, -0.05) is 75.6 Å². The van der Waals surface area contributed by atoms with Gasteiger partial charge >= 0.3 is 0 Å². The lowest BCUT2D eigenvalue weighted by molar-refractivity contribution is 0.443. The van der Waals surface area contributed by atoms with E-state index in [4.69, 9.17) is 4.42 Å². The van der Waals surface area contributed by atoms with Crippen LogP contribution in [0.15, 0.2) is 65.1 Å². The number of furan rings is 1. The van der Waals surface area contributed by atoms with Crippen molar-refractivity contribution in [3.8, 4) is 0 Å². The van der Waals surface area contributed by atoms with E-state index in [0.717, 1.165) is 22.8 Å². The van der Waals surface area contributed by atoms with Crippen LogP contribution in [0.25, 0.3) is 21.9 Å². The van der Waals surface area contributed by atoms with Crippen LogP contribution in [0.1, 0.15) is 68.9 Å². The molecule has 30 heavy (non-hydrogen) atoms. The van der Waals surface area contributed by atoms with E-state index >= 15 is 0 Å². The third kappa shape index (κ3) is 3.51. The minimum atomic E-state index is 0.431. The van der Waals surface area contributed by atoms with Crippen molar-refractivity contribution in [2.45, 2.75) is 57.8 Å². The molecule has 0 N–H and O–H groups in total. The molecule has 1 heterocycles. The maximum Gasteiger partial charge on any atom is 0.159 e. The van der Waals surface area contributed by atoms with Crippen molar-refractivity contribution in [2.75, 3.05) is 3.11 Å². The van der Waals surface area contributed by atoms with Gasteiger partial charge in [0.05, 0.1) is 34.2 Å². The van der Waals surface area contributed by atoms with E-state index in [1.54, 1.807) is 0 Å². The van der Waals surface area contributed by atoms with E-state index in [-0.39, 0.29) is 0 Å². The zero-order chi connectivity index (χ0) is 20.7. The van der Waals surface area contributed by atoms with Crippen LogP contribution in [0.4, 0.5) is 11.4 Å². The van der Waals surface area contributed by atoms with Gasteiger partial charge in [-0.05, 0) is 54.0 Å². The molecule has 0 radical (unpaired) electrons. The van der Waals surface area contributed by atoms with E-state index in [2.05, 4.69) is 100 Å². The first-order chi connectivity index (χ1) is 14.6. The van der Waals surface area contributed by atoms with Crippen molar-refractivity contribution in [1.29, 1.82) is 0 Å². The Bertz CT molecular complexity index is 1170. The molecule has 1 saturated carbocycles. The molecular weight excluding hydrogens is 481 g/mol. The van der Waals surface area contributed by atoms with Gasteiger partial charge in [-0.3, -0.25) is 3.11 Å². The summed E-state index contributed by atoms with van der Waals surface area (Å²) < 4.78 is 8.72. The lowest BCUT2D eigenvalue weighted by atomic mass is 9.84. The van der Waals surface area contributed by atoms with Crippen LogP contribution in [-0.2, 0) is 0 Å². The number of fused-ring (bicyclic) bond motifs is 3. The Labute approximate surface area is 192 Å². The first kappa shape index (κ1) is 19.9. The van der Waals surface area contributed by atoms with Crippen LogP contribution >= 0.6 is 22.9 Å². The van der Waals surface area contributed by atoms with Crippen molar-refractivity contribution >= 4 is 56.2 Å². The molecule has 0 spiro atoms. The molecule has 4 aromatic rings. The number of benzene rings is 3. The van der Waals surface area contributed by atoms with Crippen LogP contribution < -0.4 is 3.11 Å². The zero-order valence-electron chi connectivity index (χ0n) is 17.7. The highest BCUT2D eigenvalue weighted by Crippen LogP contribution is 2.42. The molecule has 0 unspecified atom stereocenters. The third-order valence-corrected chi connectivity index (χ3v) is 7.64. The van der Waals surface area contributed by atoms with Crippen LogP contribution in [-0.4, -0.2) is 0 Å². The average molecular weight is 509 g/mol. The summed E-state index contributed by atoms with van der Waals surface area (Å²) in [5, 5.41) is 2.39. The molecule has 0 amide bonds. The quantitative estimate of drug-likeness (QED) is 0.201. The molecule has 0 bridgehead atoms. The standard InChI is InChI=1S/C27H28INO/c1-18(2)22-10-6-11-23-24-12-7-13-25(27(24)30-26(22)23)29(28)21-16-14-20(15-17-21)19-8-4-3-5-9-19/h6-7,10-19H,3-5,8-9H2,1-2H3. The van der Waals surface area contributed by atoms with Crippen molar-refractivity contribution in [3.63, 3.8) is 0 Å². The van der Waals surface area contributed by atoms with E-state index < -0.39 is 0 Å². The molecule has 1 aromatic heterocycles. The molecule has 2 nitrogen and oxygen atoms in total. The van der Waals surface area contributed by atoms with Gasteiger partial charge in [-0.2, -0.15) is 0 Å². The summed E-state index contributed by atoms with van der Waals surface area (Å²) >= 11 is 2.41. The maximum absolute atomic E-state index is 6.49. The van der Waals surface area contributed by atoms with Gasteiger partial charge in [0.1, 0.15) is 5.58 Å². The summed E-state index contributed by atoms with van der Waals surface area (Å²) in [4.78, 5) is 0. The van der Waals surface area contributed by atoms with E-state index in [9.17, 15) is 0 Å². The summed E-state index contributed by atoms with van der Waals surface area (Å²) in [7, 11) is 0. The lowest BCUT2D eigenvalue weighted by Crippen LogP contribution is -2.05. The summed E-state index contributed by atoms with van der Waals surface area (Å²) in [6, 6.07) is 22.1. The molecule has 3 aromatic carbocycles. The number of nitrogens with zero attached hydrogens (tertiary/aromatic N) is 1. The number of hydrogen-bond donors (Lipinski definition) is 0. The highest BCUT2D eigenvalue weighted by Gasteiger charge is 2.19. The largest absolute Gasteiger partial charge is 0.454 e.